The van der Waals surface area contributed by atoms with Gasteiger partial charge >= 0.3 is 0 Å². The van der Waals surface area contributed by atoms with Crippen LogP contribution in [0.4, 0.5) is 0 Å². The highest BCUT2D eigenvalue weighted by atomic mass is 79.9. The van der Waals surface area contributed by atoms with Crippen molar-refractivity contribution in [2.24, 2.45) is 0 Å². The second-order valence-corrected chi connectivity index (χ2v) is 5.18. The molecule has 0 saturated carbocycles. The van der Waals surface area contributed by atoms with Crippen LogP contribution in [0.25, 0.3) is 0 Å². The van der Waals surface area contributed by atoms with Crippen molar-refractivity contribution in [3.8, 4) is 0 Å². The fraction of sp³-hybridized carbons (Fsp3) is 0.400. The van der Waals surface area contributed by atoms with Crippen LogP contribution in [0.15, 0.2) is 28.7 Å². The third kappa shape index (κ3) is 3.71. The normalized spacial score (nSPS) is 12.8. The Labute approximate surface area is 91.7 Å². The molecule has 0 bridgehead atoms. The Balaban J connectivity index is 2.50. The number of hydrogen-bond acceptors (Lipinski definition) is 2. The number of benzene rings is 1. The minimum atomic E-state index is 0.245. The number of aliphatic hydroxyl groups excluding tert-OH is 1. The molecule has 0 amide bonds. The van der Waals surface area contributed by atoms with Crippen LogP contribution in [0.1, 0.15) is 12.5 Å². The zero-order valence-electron chi connectivity index (χ0n) is 7.53. The van der Waals surface area contributed by atoms with Crippen molar-refractivity contribution in [3.63, 3.8) is 0 Å². The minimum absolute atomic E-state index is 0.245. The Morgan fingerprint density at radius 1 is 1.46 bits per heavy atom. The first-order valence-electron chi connectivity index (χ1n) is 4.20. The van der Waals surface area contributed by atoms with Gasteiger partial charge in [0.25, 0.3) is 0 Å². The average Bonchev–Trinajstić information content (AvgIpc) is 2.16. The quantitative estimate of drug-likeness (QED) is 0.898. The molecule has 0 aliphatic rings. The maximum Gasteiger partial charge on any atom is 0.0547 e. The van der Waals surface area contributed by atoms with Gasteiger partial charge in [-0.1, -0.05) is 41.1 Å². The highest BCUT2D eigenvalue weighted by Gasteiger charge is 2.02. The summed E-state index contributed by atoms with van der Waals surface area (Å²) in [4.78, 5) is 0. The molecule has 3 heteroatoms. The third-order valence-electron chi connectivity index (χ3n) is 1.74. The second kappa shape index (κ2) is 5.68. The van der Waals surface area contributed by atoms with Gasteiger partial charge in [-0.15, -0.1) is 0 Å². The molecule has 0 aromatic heterocycles. The van der Waals surface area contributed by atoms with Gasteiger partial charge in [0.05, 0.1) is 6.61 Å². The zero-order chi connectivity index (χ0) is 9.68. The number of thioether (sulfide) groups is 1. The largest absolute Gasteiger partial charge is 0.395 e. The zero-order valence-corrected chi connectivity index (χ0v) is 9.94. The Bertz CT molecular complexity index is 265. The van der Waals surface area contributed by atoms with E-state index in [-0.39, 0.29) is 6.61 Å². The lowest BCUT2D eigenvalue weighted by Gasteiger charge is -2.08. The monoisotopic (exact) mass is 260 g/mol. The van der Waals surface area contributed by atoms with Gasteiger partial charge in [-0.3, -0.25) is 0 Å². The molecule has 1 N–H and O–H groups in total. The highest BCUT2D eigenvalue weighted by Crippen LogP contribution is 2.23. The smallest absolute Gasteiger partial charge is 0.0547 e. The molecule has 0 saturated heterocycles. The van der Waals surface area contributed by atoms with Gasteiger partial charge in [0.15, 0.2) is 0 Å². The van der Waals surface area contributed by atoms with Crippen molar-refractivity contribution in [1.82, 2.24) is 0 Å². The van der Waals surface area contributed by atoms with Crippen LogP contribution < -0.4 is 0 Å². The van der Waals surface area contributed by atoms with Gasteiger partial charge in [0.1, 0.15) is 0 Å². The van der Waals surface area contributed by atoms with Gasteiger partial charge in [0, 0.05) is 15.5 Å². The third-order valence-corrected chi connectivity index (χ3v) is 3.71. The van der Waals surface area contributed by atoms with E-state index in [2.05, 4.69) is 22.0 Å². The van der Waals surface area contributed by atoms with Crippen LogP contribution in [0, 0.1) is 0 Å². The molecule has 0 aliphatic heterocycles. The second-order valence-electron chi connectivity index (χ2n) is 2.90. The van der Waals surface area contributed by atoms with E-state index >= 15 is 0 Å². The topological polar surface area (TPSA) is 20.2 Å². The van der Waals surface area contributed by atoms with Crippen LogP contribution in [-0.2, 0) is 5.75 Å². The van der Waals surface area contributed by atoms with Crippen LogP contribution in [0.3, 0.4) is 0 Å². The standard InChI is InChI=1S/C10H13BrOS/c1-8(6-12)13-7-9-4-2-3-5-10(9)11/h2-5,8,12H,6-7H2,1H3. The number of halogens is 1. The summed E-state index contributed by atoms with van der Waals surface area (Å²) in [6.07, 6.45) is 0. The van der Waals surface area contributed by atoms with Crippen LogP contribution in [0.2, 0.25) is 0 Å². The molecule has 1 nitrogen and oxygen atoms in total. The van der Waals surface area contributed by atoms with E-state index in [4.69, 9.17) is 5.11 Å². The predicted octanol–water partition coefficient (Wildman–Crippen LogP) is 3.06. The molecule has 0 heterocycles. The molecule has 0 radical (unpaired) electrons. The van der Waals surface area contributed by atoms with E-state index in [1.807, 2.05) is 25.1 Å². The Hall–Kier alpha value is 0.01000. The lowest BCUT2D eigenvalue weighted by molar-refractivity contribution is 0.300. The predicted molar refractivity (Wildman–Crippen MR) is 62.0 cm³/mol. The molecule has 1 atom stereocenters. The van der Waals surface area contributed by atoms with Crippen molar-refractivity contribution >= 4 is 27.7 Å². The van der Waals surface area contributed by atoms with Gasteiger partial charge < -0.3 is 5.11 Å². The number of aliphatic hydroxyl groups is 1. The van der Waals surface area contributed by atoms with Gasteiger partial charge in [-0.2, -0.15) is 11.8 Å². The van der Waals surface area contributed by atoms with Gasteiger partial charge in [0.2, 0.25) is 0 Å². The summed E-state index contributed by atoms with van der Waals surface area (Å²) in [5.41, 5.74) is 1.28. The van der Waals surface area contributed by atoms with Crippen molar-refractivity contribution in [1.29, 1.82) is 0 Å². The lowest BCUT2D eigenvalue weighted by atomic mass is 10.2. The van der Waals surface area contributed by atoms with Gasteiger partial charge in [-0.05, 0) is 11.6 Å². The van der Waals surface area contributed by atoms with E-state index in [1.165, 1.54) is 5.56 Å². The first kappa shape index (κ1) is 11.1. The molecular formula is C10H13BrOS. The first-order valence-corrected chi connectivity index (χ1v) is 6.04. The summed E-state index contributed by atoms with van der Waals surface area (Å²) in [5.74, 6) is 0.948. The summed E-state index contributed by atoms with van der Waals surface area (Å²) in [7, 11) is 0. The van der Waals surface area contributed by atoms with Crippen LogP contribution in [0.5, 0.6) is 0 Å². The minimum Gasteiger partial charge on any atom is -0.395 e. The fourth-order valence-corrected chi connectivity index (χ4v) is 2.33. The summed E-state index contributed by atoms with van der Waals surface area (Å²) in [6, 6.07) is 8.18. The van der Waals surface area contributed by atoms with Crippen LogP contribution in [-0.4, -0.2) is 17.0 Å². The van der Waals surface area contributed by atoms with E-state index in [0.29, 0.717) is 5.25 Å². The molecule has 0 fully saturated rings. The van der Waals surface area contributed by atoms with Crippen LogP contribution >= 0.6 is 27.7 Å². The van der Waals surface area contributed by atoms with E-state index < -0.39 is 0 Å². The molecular weight excluding hydrogens is 248 g/mol. The molecule has 1 rings (SSSR count). The maximum atomic E-state index is 8.85. The van der Waals surface area contributed by atoms with Crippen molar-refractivity contribution < 1.29 is 5.11 Å². The van der Waals surface area contributed by atoms with E-state index in [9.17, 15) is 0 Å². The Morgan fingerprint density at radius 3 is 2.77 bits per heavy atom. The molecule has 1 aromatic rings. The molecule has 1 unspecified atom stereocenters. The molecule has 72 valence electrons. The average molecular weight is 261 g/mol. The first-order chi connectivity index (χ1) is 6.24. The number of rotatable bonds is 4. The van der Waals surface area contributed by atoms with Crippen molar-refractivity contribution in [2.75, 3.05) is 6.61 Å². The highest BCUT2D eigenvalue weighted by molar-refractivity contribution is 9.10. The van der Waals surface area contributed by atoms with Crippen molar-refractivity contribution in [2.45, 2.75) is 17.9 Å². The Morgan fingerprint density at radius 2 is 2.15 bits per heavy atom. The summed E-state index contributed by atoms with van der Waals surface area (Å²) >= 11 is 5.26. The van der Waals surface area contributed by atoms with E-state index in [1.54, 1.807) is 11.8 Å². The van der Waals surface area contributed by atoms with E-state index in [0.717, 1.165) is 10.2 Å². The SMILES string of the molecule is CC(CO)SCc1ccccc1Br. The molecule has 0 spiro atoms. The number of hydrogen-bond donors (Lipinski definition) is 1. The molecule has 0 aliphatic carbocycles. The summed E-state index contributed by atoms with van der Waals surface area (Å²) in [5, 5.41) is 9.16. The van der Waals surface area contributed by atoms with Gasteiger partial charge in [-0.25, -0.2) is 0 Å². The summed E-state index contributed by atoms with van der Waals surface area (Å²) < 4.78 is 1.15. The molecule has 13 heavy (non-hydrogen) atoms. The lowest BCUT2D eigenvalue weighted by Crippen LogP contribution is -2.02. The Kier molecular flexibility index (Phi) is 4.84. The maximum absolute atomic E-state index is 8.85. The molecule has 1 aromatic carbocycles. The summed E-state index contributed by atoms with van der Waals surface area (Å²) in [6.45, 7) is 2.27. The van der Waals surface area contributed by atoms with Crippen molar-refractivity contribution in [3.05, 3.63) is 34.3 Å². The fourth-order valence-electron chi connectivity index (χ4n) is 0.900.